The first-order valence-electron chi connectivity index (χ1n) is 13.6. The third-order valence-corrected chi connectivity index (χ3v) is 11.7. The molecule has 184 valence electrons. The average molecular weight is 449 g/mol. The van der Waals surface area contributed by atoms with Crippen molar-refractivity contribution in [3.63, 3.8) is 0 Å². The van der Waals surface area contributed by atoms with E-state index in [0.717, 1.165) is 37.0 Å². The van der Waals surface area contributed by atoms with Crippen LogP contribution in [0.5, 0.6) is 0 Å². The van der Waals surface area contributed by atoms with E-state index < -0.39 is 0 Å². The highest BCUT2D eigenvalue weighted by molar-refractivity contribution is 5.77. The highest BCUT2D eigenvalue weighted by atomic mass is 16.5. The van der Waals surface area contributed by atoms with E-state index in [1.807, 2.05) is 0 Å². The third kappa shape index (κ3) is 3.41. The normalized spacial score (nSPS) is 51.8. The fraction of sp³-hybridized carbons (Fsp3) is 0.964. The van der Waals surface area contributed by atoms with Gasteiger partial charge in [-0.15, -0.1) is 0 Å². The van der Waals surface area contributed by atoms with Crippen LogP contribution in [0.15, 0.2) is 0 Å². The number of hydrogen-bond acceptors (Lipinski definition) is 4. The molecule has 9 unspecified atom stereocenters. The number of fused-ring (bicyclic) bond motifs is 7. The summed E-state index contributed by atoms with van der Waals surface area (Å²) < 4.78 is 5.35. The van der Waals surface area contributed by atoms with Crippen LogP contribution in [-0.2, 0) is 9.53 Å². The third-order valence-electron chi connectivity index (χ3n) is 11.7. The summed E-state index contributed by atoms with van der Waals surface area (Å²) in [5, 5.41) is 18.1. The first-order chi connectivity index (χ1) is 15.2. The highest BCUT2D eigenvalue weighted by Crippen LogP contribution is 2.71. The van der Waals surface area contributed by atoms with E-state index in [9.17, 15) is 9.90 Å². The second-order valence-corrected chi connectivity index (χ2v) is 12.5. The maximum absolute atomic E-state index is 12.9. The van der Waals surface area contributed by atoms with Crippen molar-refractivity contribution in [3.05, 3.63) is 0 Å². The summed E-state index contributed by atoms with van der Waals surface area (Å²) in [5.41, 5.74) is 0.647. The maximum atomic E-state index is 12.9. The van der Waals surface area contributed by atoms with E-state index in [0.29, 0.717) is 28.6 Å². The standard InChI is InChI=1S/C26H42O3.C2H6O/c1-16-18-9-13-25(3)19-10-15-26(23(28)29-4)12-5-6-20(26)17(19)7-8-22(25)24(18,2)14-11-21(16)27;1-2-3/h16-22,27H,5-15H2,1-4H3;3H,2H2,1H3/t16?,17?,18?,19?,20?,21-,22?,24?,25?,26?;/m0./s1. The SMILES string of the molecule is CCO.COC(=O)C12CCCC1C1CCC3C(C)(CCC4C(C)[C@@H](O)CCC43C)C1CC2. The molecule has 0 aromatic carbocycles. The van der Waals surface area contributed by atoms with Crippen LogP contribution >= 0.6 is 0 Å². The quantitative estimate of drug-likeness (QED) is 0.513. The van der Waals surface area contributed by atoms with Crippen LogP contribution in [0, 0.1) is 51.8 Å². The molecule has 0 saturated heterocycles. The van der Waals surface area contributed by atoms with Crippen LogP contribution in [0.4, 0.5) is 0 Å². The van der Waals surface area contributed by atoms with Crippen molar-refractivity contribution in [2.24, 2.45) is 51.8 Å². The Hall–Kier alpha value is -0.610. The van der Waals surface area contributed by atoms with Crippen LogP contribution in [-0.4, -0.2) is 36.0 Å². The summed E-state index contributed by atoms with van der Waals surface area (Å²) in [6.07, 6.45) is 13.1. The first-order valence-corrected chi connectivity index (χ1v) is 13.6. The Bertz CT molecular complexity index is 693. The number of methoxy groups -OCH3 is 1. The van der Waals surface area contributed by atoms with Gasteiger partial charge in [0, 0.05) is 6.61 Å². The van der Waals surface area contributed by atoms with Crippen molar-refractivity contribution in [1.82, 2.24) is 0 Å². The number of esters is 1. The van der Waals surface area contributed by atoms with E-state index in [2.05, 4.69) is 20.8 Å². The Kier molecular flexibility index (Phi) is 6.80. The van der Waals surface area contributed by atoms with E-state index in [-0.39, 0.29) is 24.1 Å². The molecule has 2 N–H and O–H groups in total. The molecular formula is C28H48O4. The molecule has 5 fully saturated rings. The Labute approximate surface area is 195 Å². The van der Waals surface area contributed by atoms with Gasteiger partial charge in [-0.1, -0.05) is 27.2 Å². The number of aliphatic hydroxyl groups is 2. The topological polar surface area (TPSA) is 66.8 Å². The Morgan fingerprint density at radius 3 is 2.22 bits per heavy atom. The molecule has 10 atom stereocenters. The molecule has 0 radical (unpaired) electrons. The molecule has 0 aromatic heterocycles. The van der Waals surface area contributed by atoms with Crippen molar-refractivity contribution in [1.29, 1.82) is 0 Å². The van der Waals surface area contributed by atoms with Crippen molar-refractivity contribution < 1.29 is 19.7 Å². The molecule has 0 bridgehead atoms. The summed E-state index contributed by atoms with van der Waals surface area (Å²) in [6.45, 7) is 9.45. The number of rotatable bonds is 1. The van der Waals surface area contributed by atoms with Crippen molar-refractivity contribution >= 4 is 5.97 Å². The number of carbonyl (C=O) groups excluding carboxylic acids is 1. The summed E-state index contributed by atoms with van der Waals surface area (Å²) in [7, 11) is 1.59. The van der Waals surface area contributed by atoms with Crippen LogP contribution in [0.25, 0.3) is 0 Å². The van der Waals surface area contributed by atoms with Gasteiger partial charge in [-0.2, -0.15) is 0 Å². The highest BCUT2D eigenvalue weighted by Gasteiger charge is 2.66. The van der Waals surface area contributed by atoms with Crippen molar-refractivity contribution in [2.75, 3.05) is 13.7 Å². The second-order valence-electron chi connectivity index (χ2n) is 12.5. The molecule has 5 aliphatic carbocycles. The number of ether oxygens (including phenoxy) is 1. The molecule has 0 amide bonds. The Morgan fingerprint density at radius 2 is 1.53 bits per heavy atom. The van der Waals surface area contributed by atoms with Crippen LogP contribution in [0.3, 0.4) is 0 Å². The smallest absolute Gasteiger partial charge is 0.312 e. The van der Waals surface area contributed by atoms with Crippen molar-refractivity contribution in [2.45, 2.75) is 104 Å². The van der Waals surface area contributed by atoms with E-state index in [1.165, 1.54) is 51.4 Å². The maximum Gasteiger partial charge on any atom is 0.312 e. The monoisotopic (exact) mass is 448 g/mol. The lowest BCUT2D eigenvalue weighted by atomic mass is 9.37. The van der Waals surface area contributed by atoms with Gasteiger partial charge >= 0.3 is 5.97 Å². The van der Waals surface area contributed by atoms with Gasteiger partial charge in [-0.25, -0.2) is 0 Å². The van der Waals surface area contributed by atoms with Gasteiger partial charge in [0.15, 0.2) is 0 Å². The van der Waals surface area contributed by atoms with Crippen molar-refractivity contribution in [3.8, 4) is 0 Å². The number of aliphatic hydroxyl groups excluding tert-OH is 2. The molecular weight excluding hydrogens is 400 g/mol. The lowest BCUT2D eigenvalue weighted by Gasteiger charge is -2.67. The minimum Gasteiger partial charge on any atom is -0.469 e. The zero-order valence-electron chi connectivity index (χ0n) is 21.2. The zero-order valence-corrected chi connectivity index (χ0v) is 21.2. The molecule has 5 saturated carbocycles. The molecule has 0 aromatic rings. The minimum atomic E-state index is -0.163. The lowest BCUT2D eigenvalue weighted by Crippen LogP contribution is -2.61. The lowest BCUT2D eigenvalue weighted by molar-refractivity contribution is -0.200. The van der Waals surface area contributed by atoms with Gasteiger partial charge in [-0.05, 0) is 117 Å². The first kappa shape index (κ1) is 24.5. The number of hydrogen-bond donors (Lipinski definition) is 2. The van der Waals surface area contributed by atoms with Crippen LogP contribution in [0.2, 0.25) is 0 Å². The van der Waals surface area contributed by atoms with E-state index >= 15 is 0 Å². The summed E-state index contributed by atoms with van der Waals surface area (Å²) in [4.78, 5) is 12.9. The Balaban J connectivity index is 0.000000775. The molecule has 0 aliphatic heterocycles. The van der Waals surface area contributed by atoms with Gasteiger partial charge in [0.1, 0.15) is 0 Å². The minimum absolute atomic E-state index is 0.0940. The molecule has 32 heavy (non-hydrogen) atoms. The molecule has 4 heteroatoms. The predicted molar refractivity (Wildman–Crippen MR) is 127 cm³/mol. The fourth-order valence-electron chi connectivity index (χ4n) is 10.4. The van der Waals surface area contributed by atoms with E-state index in [4.69, 9.17) is 9.84 Å². The van der Waals surface area contributed by atoms with Gasteiger partial charge in [-0.3, -0.25) is 4.79 Å². The average Bonchev–Trinajstić information content (AvgIpc) is 3.22. The Morgan fingerprint density at radius 1 is 0.906 bits per heavy atom. The van der Waals surface area contributed by atoms with Gasteiger partial charge in [0.05, 0.1) is 18.6 Å². The number of carbonyl (C=O) groups is 1. The predicted octanol–water partition coefficient (Wildman–Crippen LogP) is 5.59. The molecule has 5 aliphatic rings. The summed E-state index contributed by atoms with van der Waals surface area (Å²) >= 11 is 0. The van der Waals surface area contributed by atoms with Gasteiger partial charge < -0.3 is 14.9 Å². The van der Waals surface area contributed by atoms with E-state index in [1.54, 1.807) is 14.0 Å². The molecule has 0 spiro atoms. The van der Waals surface area contributed by atoms with Crippen LogP contribution in [0.1, 0.15) is 98.3 Å². The molecule has 5 rings (SSSR count). The largest absolute Gasteiger partial charge is 0.469 e. The van der Waals surface area contributed by atoms with Gasteiger partial charge in [0.2, 0.25) is 0 Å². The van der Waals surface area contributed by atoms with Crippen LogP contribution < -0.4 is 0 Å². The molecule has 4 nitrogen and oxygen atoms in total. The zero-order chi connectivity index (χ0) is 23.3. The molecule has 0 heterocycles. The van der Waals surface area contributed by atoms with Gasteiger partial charge in [0.25, 0.3) is 0 Å². The fourth-order valence-corrected chi connectivity index (χ4v) is 10.4. The summed E-state index contributed by atoms with van der Waals surface area (Å²) in [5.74, 6) is 4.08. The summed E-state index contributed by atoms with van der Waals surface area (Å²) in [6, 6.07) is 0. The second kappa shape index (κ2) is 8.87.